The average Bonchev–Trinajstić information content (AvgIpc) is 3.12. The lowest BCUT2D eigenvalue weighted by atomic mass is 10.1. The molecule has 1 N–H and O–H groups in total. The first-order chi connectivity index (χ1) is 15.8. The van der Waals surface area contributed by atoms with Gasteiger partial charge < -0.3 is 9.47 Å². The van der Waals surface area contributed by atoms with Gasteiger partial charge in [0.15, 0.2) is 6.10 Å². The second kappa shape index (κ2) is 9.29. The number of H-pyrrole nitrogens is 1. The van der Waals surface area contributed by atoms with E-state index in [2.05, 4.69) is 9.97 Å². The van der Waals surface area contributed by atoms with E-state index in [0.29, 0.717) is 0 Å². The van der Waals surface area contributed by atoms with Crippen molar-refractivity contribution in [2.24, 2.45) is 0 Å². The number of anilines is 1. The molecule has 1 fully saturated rings. The minimum absolute atomic E-state index is 0.0495. The lowest BCUT2D eigenvalue weighted by Gasteiger charge is -2.27. The van der Waals surface area contributed by atoms with Gasteiger partial charge in [-0.15, -0.1) is 0 Å². The molecule has 2 heterocycles. The van der Waals surface area contributed by atoms with E-state index in [-0.39, 0.29) is 16.9 Å². The topological polar surface area (TPSA) is 102 Å². The number of nitrogens with one attached hydrogen (secondary N) is 1. The number of rotatable bonds is 6. The van der Waals surface area contributed by atoms with E-state index in [9.17, 15) is 23.2 Å². The molecule has 0 radical (unpaired) electrons. The zero-order valence-corrected chi connectivity index (χ0v) is 17.2. The summed E-state index contributed by atoms with van der Waals surface area (Å²) in [6, 6.07) is 17.2. The fourth-order valence-electron chi connectivity index (χ4n) is 3.44. The van der Waals surface area contributed by atoms with Crippen LogP contribution in [0.25, 0.3) is 0 Å². The van der Waals surface area contributed by atoms with Crippen LogP contribution in [-0.2, 0) is 9.47 Å². The summed E-state index contributed by atoms with van der Waals surface area (Å²) in [4.78, 5) is 43.9. The molecule has 1 amide bonds. The fraction of sp³-hybridized carbons (Fsp3) is 0.217. The Morgan fingerprint density at radius 3 is 2.33 bits per heavy atom. The monoisotopic (exact) mass is 455 g/mol. The number of ether oxygens (including phenoxy) is 2. The van der Waals surface area contributed by atoms with E-state index in [1.165, 1.54) is 30.3 Å². The molecular formula is C23H19F2N3O5. The lowest BCUT2D eigenvalue weighted by molar-refractivity contribution is -0.0974. The minimum Gasteiger partial charge on any atom is -0.459 e. The van der Waals surface area contributed by atoms with Gasteiger partial charge in [0, 0.05) is 11.8 Å². The fourth-order valence-corrected chi connectivity index (χ4v) is 3.44. The Labute approximate surface area is 186 Å². The molecular weight excluding hydrogens is 436 g/mol. The highest BCUT2D eigenvalue weighted by atomic mass is 19.3. The number of hydrogen-bond acceptors (Lipinski definition) is 6. The van der Waals surface area contributed by atoms with E-state index < -0.39 is 48.8 Å². The van der Waals surface area contributed by atoms with Gasteiger partial charge in [-0.1, -0.05) is 36.4 Å². The number of aromatic nitrogens is 2. The standard InChI is InChI=1S/C23H19F2N3O5/c24-23(25)13-19(33-17(23)14-32-21(30)16-9-5-2-6-10-16)28(18-11-12-26-22(31)27-18)20(29)15-7-3-1-4-8-15/h1-12,17,19H,13-14H2,(H,26,27,31)/t17-,19-/m0/s1. The zero-order valence-electron chi connectivity index (χ0n) is 17.2. The van der Waals surface area contributed by atoms with Crippen LogP contribution in [0.5, 0.6) is 0 Å². The van der Waals surface area contributed by atoms with Crippen molar-refractivity contribution in [3.05, 3.63) is 94.5 Å². The van der Waals surface area contributed by atoms with Gasteiger partial charge in [-0.2, -0.15) is 0 Å². The molecule has 33 heavy (non-hydrogen) atoms. The maximum atomic E-state index is 14.8. The van der Waals surface area contributed by atoms with E-state index >= 15 is 0 Å². The van der Waals surface area contributed by atoms with Crippen LogP contribution in [0.15, 0.2) is 77.7 Å². The summed E-state index contributed by atoms with van der Waals surface area (Å²) in [7, 11) is 0. The molecule has 2 aromatic carbocycles. The van der Waals surface area contributed by atoms with Crippen molar-refractivity contribution in [2.45, 2.75) is 24.7 Å². The predicted octanol–water partition coefficient (Wildman–Crippen LogP) is 3.02. The first kappa shape index (κ1) is 22.3. The van der Waals surface area contributed by atoms with Crippen LogP contribution in [0.4, 0.5) is 14.6 Å². The van der Waals surface area contributed by atoms with Gasteiger partial charge in [-0.3, -0.25) is 14.7 Å². The molecule has 1 aliphatic heterocycles. The molecule has 0 bridgehead atoms. The van der Waals surface area contributed by atoms with Crippen molar-refractivity contribution in [3.8, 4) is 0 Å². The van der Waals surface area contributed by atoms with Gasteiger partial charge >= 0.3 is 11.7 Å². The van der Waals surface area contributed by atoms with E-state index in [1.54, 1.807) is 36.4 Å². The maximum absolute atomic E-state index is 14.8. The molecule has 170 valence electrons. The molecule has 2 atom stereocenters. The second-order valence-electron chi connectivity index (χ2n) is 7.31. The van der Waals surface area contributed by atoms with Gasteiger partial charge in [-0.25, -0.2) is 23.4 Å². The highest BCUT2D eigenvalue weighted by Crippen LogP contribution is 2.39. The predicted molar refractivity (Wildman–Crippen MR) is 113 cm³/mol. The van der Waals surface area contributed by atoms with Crippen LogP contribution < -0.4 is 10.6 Å². The molecule has 1 saturated heterocycles. The van der Waals surface area contributed by atoms with Gasteiger partial charge in [0.25, 0.3) is 11.8 Å². The first-order valence-electron chi connectivity index (χ1n) is 10.0. The third kappa shape index (κ3) is 4.96. The summed E-state index contributed by atoms with van der Waals surface area (Å²) in [5.41, 5.74) is -0.330. The molecule has 4 rings (SSSR count). The second-order valence-corrected chi connectivity index (χ2v) is 7.31. The van der Waals surface area contributed by atoms with Crippen LogP contribution in [0.2, 0.25) is 0 Å². The molecule has 8 nitrogen and oxygen atoms in total. The minimum atomic E-state index is -3.40. The normalized spacial score (nSPS) is 19.1. The van der Waals surface area contributed by atoms with Crippen LogP contribution in [-0.4, -0.2) is 46.7 Å². The Kier molecular flexibility index (Phi) is 6.27. The molecule has 0 unspecified atom stereocenters. The smallest absolute Gasteiger partial charge is 0.346 e. The summed E-state index contributed by atoms with van der Waals surface area (Å²) in [5.74, 6) is -4.87. The number of aromatic amines is 1. The van der Waals surface area contributed by atoms with E-state index in [0.717, 1.165) is 11.1 Å². The van der Waals surface area contributed by atoms with Crippen molar-refractivity contribution in [2.75, 3.05) is 11.5 Å². The van der Waals surface area contributed by atoms with Crippen LogP contribution >= 0.6 is 0 Å². The van der Waals surface area contributed by atoms with Gasteiger partial charge in [0.2, 0.25) is 0 Å². The van der Waals surface area contributed by atoms with Crippen LogP contribution in [0, 0.1) is 0 Å². The Hall–Kier alpha value is -3.92. The van der Waals surface area contributed by atoms with Crippen molar-refractivity contribution in [1.29, 1.82) is 0 Å². The Morgan fingerprint density at radius 1 is 1.06 bits per heavy atom. The van der Waals surface area contributed by atoms with E-state index in [1.807, 2.05) is 0 Å². The summed E-state index contributed by atoms with van der Waals surface area (Å²) >= 11 is 0. The maximum Gasteiger partial charge on any atom is 0.346 e. The van der Waals surface area contributed by atoms with E-state index in [4.69, 9.17) is 9.47 Å². The number of alkyl halides is 2. The molecule has 3 aromatic rings. The van der Waals surface area contributed by atoms with Crippen molar-refractivity contribution in [1.82, 2.24) is 9.97 Å². The average molecular weight is 455 g/mol. The summed E-state index contributed by atoms with van der Waals surface area (Å²) in [5, 5.41) is 0. The molecule has 0 spiro atoms. The number of halogens is 2. The molecule has 0 saturated carbocycles. The summed E-state index contributed by atoms with van der Waals surface area (Å²) in [6.45, 7) is -0.711. The lowest BCUT2D eigenvalue weighted by Crippen LogP contribution is -2.42. The molecule has 0 aliphatic carbocycles. The summed E-state index contributed by atoms with van der Waals surface area (Å²) in [6.07, 6.45) is -2.91. The van der Waals surface area contributed by atoms with Crippen molar-refractivity contribution in [3.63, 3.8) is 0 Å². The highest BCUT2D eigenvalue weighted by molar-refractivity contribution is 6.05. The highest BCUT2D eigenvalue weighted by Gasteiger charge is 2.53. The van der Waals surface area contributed by atoms with Gasteiger partial charge in [0.05, 0.1) is 12.0 Å². The van der Waals surface area contributed by atoms with Gasteiger partial charge in [-0.05, 0) is 30.3 Å². The van der Waals surface area contributed by atoms with Crippen molar-refractivity contribution < 1.29 is 27.8 Å². The Morgan fingerprint density at radius 2 is 1.70 bits per heavy atom. The number of benzene rings is 2. The molecule has 1 aromatic heterocycles. The number of hydrogen-bond donors (Lipinski definition) is 1. The third-order valence-corrected chi connectivity index (χ3v) is 5.06. The molecule has 1 aliphatic rings. The van der Waals surface area contributed by atoms with Crippen LogP contribution in [0.1, 0.15) is 27.1 Å². The van der Waals surface area contributed by atoms with Gasteiger partial charge in [0.1, 0.15) is 18.7 Å². The number of esters is 1. The SMILES string of the molecule is O=C(OC[C@@H]1O[C@H](N(C(=O)c2ccccc2)c2ccnc(=O)[nH]2)CC1(F)F)c1ccccc1. The van der Waals surface area contributed by atoms with Crippen molar-refractivity contribution >= 4 is 17.7 Å². The molecule has 10 heteroatoms. The Balaban J connectivity index is 1.57. The largest absolute Gasteiger partial charge is 0.459 e. The van der Waals surface area contributed by atoms with Crippen LogP contribution in [0.3, 0.4) is 0 Å². The number of amides is 1. The number of carbonyl (C=O) groups is 2. The third-order valence-electron chi connectivity index (χ3n) is 5.06. The zero-order chi connectivity index (χ0) is 23.4. The number of carbonyl (C=O) groups excluding carboxylic acids is 2. The first-order valence-corrected chi connectivity index (χ1v) is 10.0. The summed E-state index contributed by atoms with van der Waals surface area (Å²) < 4.78 is 40.1. The number of nitrogens with zero attached hydrogens (tertiary/aromatic N) is 2. The quantitative estimate of drug-likeness (QED) is 0.574. The Bertz CT molecular complexity index is 1190.